The lowest BCUT2D eigenvalue weighted by atomic mass is 9.94. The zero-order valence-electron chi connectivity index (χ0n) is 12.9. The molecule has 112 valence electrons. The van der Waals surface area contributed by atoms with Gasteiger partial charge in [0, 0.05) is 6.61 Å². The molecule has 0 aliphatic rings. The number of hydrogen-bond donors (Lipinski definition) is 0. The molecule has 1 aromatic rings. The Bertz CT molecular complexity index is 419. The van der Waals surface area contributed by atoms with E-state index in [1.165, 1.54) is 7.11 Å². The summed E-state index contributed by atoms with van der Waals surface area (Å²) >= 11 is 0. The molecule has 20 heavy (non-hydrogen) atoms. The van der Waals surface area contributed by atoms with Gasteiger partial charge < -0.3 is 13.6 Å². The van der Waals surface area contributed by atoms with Gasteiger partial charge in [0.15, 0.2) is 0 Å². The average molecular weight is 296 g/mol. The molecule has 0 fully saturated rings. The van der Waals surface area contributed by atoms with Gasteiger partial charge in [0.2, 0.25) is 0 Å². The molecule has 0 unspecified atom stereocenters. The third-order valence-corrected chi connectivity index (χ3v) is 4.97. The van der Waals surface area contributed by atoms with Crippen LogP contribution in [0.2, 0.25) is 13.1 Å². The van der Waals surface area contributed by atoms with Crippen molar-refractivity contribution in [3.8, 4) is 0 Å². The molecule has 1 rings (SSSR count). The van der Waals surface area contributed by atoms with Gasteiger partial charge in [0.25, 0.3) is 0 Å². The smallest absolute Gasteiger partial charge is 0.331 e. The Balaban J connectivity index is 2.92. The maximum atomic E-state index is 12.1. The van der Waals surface area contributed by atoms with Crippen LogP contribution in [0.4, 0.5) is 0 Å². The van der Waals surface area contributed by atoms with Gasteiger partial charge in [-0.3, -0.25) is 4.79 Å². The molecular weight excluding hydrogens is 272 g/mol. The van der Waals surface area contributed by atoms with Crippen molar-refractivity contribution in [3.05, 3.63) is 35.9 Å². The molecular formula is C15H24O4Si. The predicted molar refractivity (Wildman–Crippen MR) is 80.9 cm³/mol. The number of carbonyl (C=O) groups is 1. The molecule has 0 saturated carbocycles. The third kappa shape index (κ3) is 4.74. The Morgan fingerprint density at radius 2 is 1.85 bits per heavy atom. The van der Waals surface area contributed by atoms with Gasteiger partial charge in [-0.05, 0) is 32.5 Å². The Hall–Kier alpha value is -1.17. The Morgan fingerprint density at radius 1 is 1.25 bits per heavy atom. The molecule has 0 heterocycles. The minimum atomic E-state index is -2.23. The lowest BCUT2D eigenvalue weighted by Crippen LogP contribution is -2.41. The first-order valence-electron chi connectivity index (χ1n) is 6.85. The third-order valence-electron chi connectivity index (χ3n) is 3.04. The normalized spacial score (nSPS) is 14.7. The molecule has 0 aliphatic carbocycles. The second-order valence-corrected chi connectivity index (χ2v) is 8.39. The molecule has 0 spiro atoms. The van der Waals surface area contributed by atoms with E-state index in [1.54, 1.807) is 0 Å². The van der Waals surface area contributed by atoms with Gasteiger partial charge in [0.05, 0.1) is 13.2 Å². The SMILES string of the molecule is CCO[Si](C)(C)O[C@@H](C)[C@H](C(=O)OC)c1ccccc1. The summed E-state index contributed by atoms with van der Waals surface area (Å²) in [5, 5.41) is 0. The van der Waals surface area contributed by atoms with Crippen molar-refractivity contribution in [1.82, 2.24) is 0 Å². The fraction of sp³-hybridized carbons (Fsp3) is 0.533. The highest BCUT2D eigenvalue weighted by Gasteiger charge is 2.34. The van der Waals surface area contributed by atoms with Crippen molar-refractivity contribution in [2.75, 3.05) is 13.7 Å². The Morgan fingerprint density at radius 3 is 2.35 bits per heavy atom. The van der Waals surface area contributed by atoms with Gasteiger partial charge in [-0.2, -0.15) is 0 Å². The van der Waals surface area contributed by atoms with Crippen LogP contribution in [0, 0.1) is 0 Å². The Kier molecular flexibility index (Phi) is 6.39. The quantitative estimate of drug-likeness (QED) is 0.573. The molecule has 1 aromatic carbocycles. The second kappa shape index (κ2) is 7.57. The minimum Gasteiger partial charge on any atom is -0.468 e. The van der Waals surface area contributed by atoms with Crippen molar-refractivity contribution in [3.63, 3.8) is 0 Å². The van der Waals surface area contributed by atoms with Crippen LogP contribution < -0.4 is 0 Å². The molecule has 0 amide bonds. The topological polar surface area (TPSA) is 44.8 Å². The van der Waals surface area contributed by atoms with E-state index < -0.39 is 14.5 Å². The number of ether oxygens (including phenoxy) is 1. The molecule has 0 saturated heterocycles. The molecule has 2 atom stereocenters. The Labute approximate surface area is 122 Å². The molecule has 0 bridgehead atoms. The summed E-state index contributed by atoms with van der Waals surface area (Å²) in [4.78, 5) is 12.1. The first-order chi connectivity index (χ1) is 9.41. The summed E-state index contributed by atoms with van der Waals surface area (Å²) in [6, 6.07) is 9.56. The molecule has 5 heteroatoms. The fourth-order valence-corrected chi connectivity index (χ4v) is 4.08. The van der Waals surface area contributed by atoms with Crippen molar-refractivity contribution >= 4 is 14.5 Å². The van der Waals surface area contributed by atoms with E-state index in [-0.39, 0.29) is 12.1 Å². The van der Waals surface area contributed by atoms with E-state index >= 15 is 0 Å². The number of carbonyl (C=O) groups excluding carboxylic acids is 1. The minimum absolute atomic E-state index is 0.287. The van der Waals surface area contributed by atoms with E-state index in [9.17, 15) is 4.79 Å². The van der Waals surface area contributed by atoms with Crippen LogP contribution in [0.15, 0.2) is 30.3 Å². The summed E-state index contributed by atoms with van der Waals surface area (Å²) in [6.07, 6.45) is -0.293. The van der Waals surface area contributed by atoms with Crippen LogP contribution in [-0.4, -0.2) is 34.4 Å². The van der Waals surface area contributed by atoms with E-state index in [2.05, 4.69) is 0 Å². The van der Waals surface area contributed by atoms with Crippen molar-refractivity contribution < 1.29 is 18.4 Å². The highest BCUT2D eigenvalue weighted by atomic mass is 28.4. The van der Waals surface area contributed by atoms with Crippen LogP contribution in [0.1, 0.15) is 25.3 Å². The summed E-state index contributed by atoms with van der Waals surface area (Å²) in [7, 11) is -0.830. The maximum Gasteiger partial charge on any atom is 0.331 e. The zero-order chi connectivity index (χ0) is 15.2. The predicted octanol–water partition coefficient (Wildman–Crippen LogP) is 3.09. The lowest BCUT2D eigenvalue weighted by Gasteiger charge is -2.30. The molecule has 4 nitrogen and oxygen atoms in total. The van der Waals surface area contributed by atoms with Crippen molar-refractivity contribution in [2.24, 2.45) is 0 Å². The van der Waals surface area contributed by atoms with Crippen LogP contribution >= 0.6 is 0 Å². The van der Waals surface area contributed by atoms with E-state index in [4.69, 9.17) is 13.6 Å². The van der Waals surface area contributed by atoms with Gasteiger partial charge in [-0.15, -0.1) is 0 Å². The summed E-state index contributed by atoms with van der Waals surface area (Å²) in [5.41, 5.74) is 0.896. The van der Waals surface area contributed by atoms with Crippen molar-refractivity contribution in [2.45, 2.75) is 39.0 Å². The van der Waals surface area contributed by atoms with Crippen LogP contribution in [0.25, 0.3) is 0 Å². The summed E-state index contributed by atoms with van der Waals surface area (Å²) in [6.45, 7) is 8.40. The largest absolute Gasteiger partial charge is 0.468 e. The number of rotatable bonds is 7. The van der Waals surface area contributed by atoms with E-state index in [0.29, 0.717) is 6.61 Å². The number of hydrogen-bond acceptors (Lipinski definition) is 4. The lowest BCUT2D eigenvalue weighted by molar-refractivity contribution is -0.144. The highest BCUT2D eigenvalue weighted by molar-refractivity contribution is 6.64. The average Bonchev–Trinajstić information content (AvgIpc) is 2.39. The van der Waals surface area contributed by atoms with Crippen molar-refractivity contribution in [1.29, 1.82) is 0 Å². The molecule has 0 aliphatic heterocycles. The summed E-state index contributed by atoms with van der Waals surface area (Å²) < 4.78 is 16.6. The van der Waals surface area contributed by atoms with Crippen LogP contribution in [-0.2, 0) is 18.4 Å². The molecule has 0 aromatic heterocycles. The highest BCUT2D eigenvalue weighted by Crippen LogP contribution is 2.26. The molecule has 0 N–H and O–H groups in total. The van der Waals surface area contributed by atoms with E-state index in [1.807, 2.05) is 57.3 Å². The van der Waals surface area contributed by atoms with E-state index in [0.717, 1.165) is 5.56 Å². The maximum absolute atomic E-state index is 12.1. The number of esters is 1. The van der Waals surface area contributed by atoms with Gasteiger partial charge >= 0.3 is 14.5 Å². The van der Waals surface area contributed by atoms with Crippen LogP contribution in [0.3, 0.4) is 0 Å². The zero-order valence-corrected chi connectivity index (χ0v) is 13.9. The standard InChI is InChI=1S/C15H24O4Si/c1-6-18-20(4,5)19-12(2)14(15(16)17-3)13-10-8-7-9-11-13/h7-12,14H,6H2,1-5H3/t12-,14-/m0/s1. The second-order valence-electron chi connectivity index (χ2n) is 5.07. The monoisotopic (exact) mass is 296 g/mol. The first-order valence-corrected chi connectivity index (χ1v) is 9.67. The van der Waals surface area contributed by atoms with Gasteiger partial charge in [0.1, 0.15) is 5.92 Å². The fourth-order valence-electron chi connectivity index (χ4n) is 2.28. The first kappa shape index (κ1) is 16.9. The summed E-state index contributed by atoms with van der Waals surface area (Å²) in [5.74, 6) is -0.724. The van der Waals surface area contributed by atoms with Gasteiger partial charge in [-0.1, -0.05) is 30.3 Å². The number of benzene rings is 1. The molecule has 0 radical (unpaired) electrons. The van der Waals surface area contributed by atoms with Gasteiger partial charge in [-0.25, -0.2) is 0 Å². The number of methoxy groups -OCH3 is 1. The van der Waals surface area contributed by atoms with Crippen LogP contribution in [0.5, 0.6) is 0 Å².